The number of ether oxygens (including phenoxy) is 1. The molecule has 1 aromatic heterocycles. The van der Waals surface area contributed by atoms with E-state index in [1.807, 2.05) is 25.1 Å². The van der Waals surface area contributed by atoms with Gasteiger partial charge in [-0.3, -0.25) is 4.79 Å². The molecule has 0 spiro atoms. The Labute approximate surface area is 190 Å². The second kappa shape index (κ2) is 9.96. The number of hydrogen-bond acceptors (Lipinski definition) is 5. The lowest BCUT2D eigenvalue weighted by molar-refractivity contribution is 0.0499. The maximum Gasteiger partial charge on any atom is 0.344 e. The zero-order valence-electron chi connectivity index (χ0n) is 18.2. The Morgan fingerprint density at radius 1 is 0.909 bits per heavy atom. The number of para-hydroxylation sites is 1. The summed E-state index contributed by atoms with van der Waals surface area (Å²) in [6.07, 6.45) is 1.78. The van der Waals surface area contributed by atoms with E-state index in [-0.39, 0.29) is 11.9 Å². The molecule has 0 unspecified atom stereocenters. The summed E-state index contributed by atoms with van der Waals surface area (Å²) in [6.45, 7) is 2.42. The van der Waals surface area contributed by atoms with Crippen molar-refractivity contribution < 1.29 is 18.7 Å². The van der Waals surface area contributed by atoms with Crippen molar-refractivity contribution in [1.82, 2.24) is 0 Å². The molecule has 1 amide bonds. The van der Waals surface area contributed by atoms with Crippen LogP contribution in [0.1, 0.15) is 40.5 Å². The highest BCUT2D eigenvalue weighted by molar-refractivity contribution is 6.04. The fourth-order valence-electron chi connectivity index (χ4n) is 3.35. The summed E-state index contributed by atoms with van der Waals surface area (Å²) in [5.74, 6) is -0.680. The maximum atomic E-state index is 12.6. The SMILES string of the molecule is CCCCOC(=O)c1ccc(NC(=O)c2ccc(-c3cc4ccccc4oc3=O)cc2)cc1. The van der Waals surface area contributed by atoms with Crippen molar-refractivity contribution in [2.24, 2.45) is 0 Å². The first-order valence-electron chi connectivity index (χ1n) is 10.8. The monoisotopic (exact) mass is 441 g/mol. The molecule has 6 nitrogen and oxygen atoms in total. The minimum Gasteiger partial charge on any atom is -0.462 e. The molecule has 33 heavy (non-hydrogen) atoms. The average molecular weight is 441 g/mol. The second-order valence-electron chi connectivity index (χ2n) is 7.58. The minimum absolute atomic E-state index is 0.301. The Hall–Kier alpha value is -4.19. The van der Waals surface area contributed by atoms with Gasteiger partial charge in [0.15, 0.2) is 0 Å². The number of benzene rings is 3. The van der Waals surface area contributed by atoms with E-state index in [1.54, 1.807) is 60.7 Å². The highest BCUT2D eigenvalue weighted by Crippen LogP contribution is 2.22. The van der Waals surface area contributed by atoms with Crippen molar-refractivity contribution in [3.8, 4) is 11.1 Å². The van der Waals surface area contributed by atoms with Crippen molar-refractivity contribution >= 4 is 28.5 Å². The van der Waals surface area contributed by atoms with E-state index >= 15 is 0 Å². The maximum absolute atomic E-state index is 12.6. The summed E-state index contributed by atoms with van der Waals surface area (Å²) < 4.78 is 10.6. The number of carbonyl (C=O) groups excluding carboxylic acids is 2. The third-order valence-corrected chi connectivity index (χ3v) is 5.21. The number of fused-ring (bicyclic) bond motifs is 1. The molecule has 6 heteroatoms. The van der Waals surface area contributed by atoms with Crippen LogP contribution in [0.15, 0.2) is 88.1 Å². The van der Waals surface area contributed by atoms with Gasteiger partial charge in [0.05, 0.1) is 17.7 Å². The van der Waals surface area contributed by atoms with Gasteiger partial charge in [0.25, 0.3) is 5.91 Å². The van der Waals surface area contributed by atoms with Gasteiger partial charge in [0.1, 0.15) is 5.58 Å². The van der Waals surface area contributed by atoms with E-state index in [0.717, 1.165) is 18.2 Å². The van der Waals surface area contributed by atoms with Crippen LogP contribution in [0.25, 0.3) is 22.1 Å². The van der Waals surface area contributed by atoms with Crippen LogP contribution in [-0.2, 0) is 4.74 Å². The summed E-state index contributed by atoms with van der Waals surface area (Å²) in [6, 6.07) is 22.4. The molecule has 0 fully saturated rings. The molecule has 3 aromatic carbocycles. The van der Waals surface area contributed by atoms with E-state index in [1.165, 1.54) is 0 Å². The van der Waals surface area contributed by atoms with E-state index in [0.29, 0.717) is 40.1 Å². The summed E-state index contributed by atoms with van der Waals surface area (Å²) in [5, 5.41) is 3.63. The van der Waals surface area contributed by atoms with Crippen LogP contribution >= 0.6 is 0 Å². The Balaban J connectivity index is 1.44. The number of esters is 1. The van der Waals surface area contributed by atoms with Crippen LogP contribution in [0, 0.1) is 0 Å². The molecule has 0 bridgehead atoms. The molecule has 0 saturated carbocycles. The average Bonchev–Trinajstić information content (AvgIpc) is 2.84. The molecular weight excluding hydrogens is 418 g/mol. The summed E-state index contributed by atoms with van der Waals surface area (Å²) in [7, 11) is 0. The number of unbranched alkanes of at least 4 members (excludes halogenated alkanes) is 1. The third kappa shape index (κ3) is 5.18. The predicted molar refractivity (Wildman–Crippen MR) is 128 cm³/mol. The van der Waals surface area contributed by atoms with Gasteiger partial charge in [-0.25, -0.2) is 9.59 Å². The van der Waals surface area contributed by atoms with Gasteiger partial charge in [0, 0.05) is 16.6 Å². The molecule has 1 heterocycles. The van der Waals surface area contributed by atoms with E-state index in [9.17, 15) is 14.4 Å². The smallest absolute Gasteiger partial charge is 0.344 e. The summed E-state index contributed by atoms with van der Waals surface area (Å²) >= 11 is 0. The molecule has 4 rings (SSSR count). The highest BCUT2D eigenvalue weighted by atomic mass is 16.5. The van der Waals surface area contributed by atoms with E-state index < -0.39 is 5.63 Å². The molecule has 0 aliphatic rings. The van der Waals surface area contributed by atoms with Gasteiger partial charge in [-0.15, -0.1) is 0 Å². The molecule has 0 aliphatic carbocycles. The molecule has 1 N–H and O–H groups in total. The Bertz CT molecular complexity index is 1340. The van der Waals surface area contributed by atoms with Crippen molar-refractivity contribution in [2.45, 2.75) is 19.8 Å². The van der Waals surface area contributed by atoms with Crippen LogP contribution < -0.4 is 10.9 Å². The lowest BCUT2D eigenvalue weighted by atomic mass is 10.0. The van der Waals surface area contributed by atoms with Gasteiger partial charge in [0.2, 0.25) is 0 Å². The van der Waals surface area contributed by atoms with E-state index in [4.69, 9.17) is 9.15 Å². The largest absolute Gasteiger partial charge is 0.462 e. The van der Waals surface area contributed by atoms with E-state index in [2.05, 4.69) is 5.32 Å². The normalized spacial score (nSPS) is 10.7. The number of amides is 1. The summed E-state index contributed by atoms with van der Waals surface area (Å²) in [4.78, 5) is 37.0. The lowest BCUT2D eigenvalue weighted by Crippen LogP contribution is -2.12. The molecule has 0 atom stereocenters. The van der Waals surface area contributed by atoms with Crippen molar-refractivity contribution in [3.05, 3.63) is 100 Å². The first-order valence-corrected chi connectivity index (χ1v) is 10.8. The van der Waals surface area contributed by atoms with Crippen LogP contribution in [0.5, 0.6) is 0 Å². The first kappa shape index (κ1) is 22.0. The first-order chi connectivity index (χ1) is 16.0. The molecule has 0 aliphatic heterocycles. The second-order valence-corrected chi connectivity index (χ2v) is 7.58. The standard InChI is InChI=1S/C27H23NO5/c1-2-3-16-32-26(30)20-12-14-22(15-13-20)28-25(29)19-10-8-18(9-11-19)23-17-21-6-4-5-7-24(21)33-27(23)31/h4-15,17H,2-3,16H2,1H3,(H,28,29). The molecular formula is C27H23NO5. The van der Waals surface area contributed by atoms with Gasteiger partial charge >= 0.3 is 11.6 Å². The van der Waals surface area contributed by atoms with Gasteiger partial charge < -0.3 is 14.5 Å². The van der Waals surface area contributed by atoms with Gasteiger partial charge in [-0.05, 0) is 60.5 Å². The zero-order valence-corrected chi connectivity index (χ0v) is 18.2. The Morgan fingerprint density at radius 3 is 2.33 bits per heavy atom. The molecule has 4 aromatic rings. The molecule has 0 saturated heterocycles. The fourth-order valence-corrected chi connectivity index (χ4v) is 3.35. The highest BCUT2D eigenvalue weighted by Gasteiger charge is 2.11. The van der Waals surface area contributed by atoms with Crippen LogP contribution in [-0.4, -0.2) is 18.5 Å². The van der Waals surface area contributed by atoms with Crippen molar-refractivity contribution in [1.29, 1.82) is 0 Å². The number of hydrogen-bond donors (Lipinski definition) is 1. The Morgan fingerprint density at radius 2 is 1.61 bits per heavy atom. The van der Waals surface area contributed by atoms with Gasteiger partial charge in [-0.2, -0.15) is 0 Å². The lowest BCUT2D eigenvalue weighted by Gasteiger charge is -2.08. The number of nitrogens with one attached hydrogen (secondary N) is 1. The van der Waals surface area contributed by atoms with Crippen LogP contribution in [0.4, 0.5) is 5.69 Å². The van der Waals surface area contributed by atoms with Crippen LogP contribution in [0.2, 0.25) is 0 Å². The fraction of sp³-hybridized carbons (Fsp3) is 0.148. The molecule has 166 valence electrons. The van der Waals surface area contributed by atoms with Crippen molar-refractivity contribution in [3.63, 3.8) is 0 Å². The third-order valence-electron chi connectivity index (χ3n) is 5.21. The molecule has 0 radical (unpaired) electrons. The number of rotatable bonds is 7. The number of carbonyl (C=O) groups is 2. The van der Waals surface area contributed by atoms with Crippen LogP contribution in [0.3, 0.4) is 0 Å². The predicted octanol–water partition coefficient (Wildman–Crippen LogP) is 5.67. The topological polar surface area (TPSA) is 85.6 Å². The minimum atomic E-state index is -0.431. The number of anilines is 1. The van der Waals surface area contributed by atoms with Gasteiger partial charge in [-0.1, -0.05) is 43.7 Å². The quantitative estimate of drug-likeness (QED) is 0.227. The zero-order chi connectivity index (χ0) is 23.2. The Kier molecular flexibility index (Phi) is 6.64. The summed E-state index contributed by atoms with van der Waals surface area (Å²) in [5.41, 5.74) is 2.62. The van der Waals surface area contributed by atoms with Crippen molar-refractivity contribution in [2.75, 3.05) is 11.9 Å².